The second-order valence-corrected chi connectivity index (χ2v) is 7.01. The van der Waals surface area contributed by atoms with E-state index in [0.29, 0.717) is 19.4 Å². The van der Waals surface area contributed by atoms with Gasteiger partial charge in [-0.15, -0.1) is 0 Å². The number of aliphatic carboxylic acids is 1. The molecule has 26 heavy (non-hydrogen) atoms. The molecule has 0 aliphatic rings. The first kappa shape index (κ1) is 24.9. The molecule has 0 bridgehead atoms. The van der Waals surface area contributed by atoms with Crippen molar-refractivity contribution in [3.8, 4) is 0 Å². The molecule has 0 aromatic rings. The molecule has 0 aromatic carbocycles. The molecular formula is C21H39O5-. The average molecular weight is 372 g/mol. The maximum atomic E-state index is 11.4. The molecule has 5 nitrogen and oxygen atoms in total. The Hall–Kier alpha value is -1.10. The van der Waals surface area contributed by atoms with Gasteiger partial charge in [0.15, 0.2) is 6.79 Å². The Kier molecular flexibility index (Phi) is 19.4. The topological polar surface area (TPSA) is 75.7 Å². The normalized spacial score (nSPS) is 10.8. The van der Waals surface area contributed by atoms with Gasteiger partial charge in [-0.05, 0) is 25.7 Å². The van der Waals surface area contributed by atoms with Crippen molar-refractivity contribution in [2.24, 2.45) is 0 Å². The second kappa shape index (κ2) is 20.2. The van der Waals surface area contributed by atoms with Crippen LogP contribution in [0.1, 0.15) is 110 Å². The number of ether oxygens (including phenoxy) is 2. The first-order chi connectivity index (χ1) is 12.7. The zero-order valence-corrected chi connectivity index (χ0v) is 16.8. The minimum Gasteiger partial charge on any atom is -0.550 e. The van der Waals surface area contributed by atoms with E-state index in [1.54, 1.807) is 0 Å². The summed E-state index contributed by atoms with van der Waals surface area (Å²) in [6.45, 7) is 2.87. The van der Waals surface area contributed by atoms with Crippen molar-refractivity contribution in [2.45, 2.75) is 110 Å². The standard InChI is InChI=1S/C21H40O5/c1-2-3-4-5-6-7-8-9-10-11-12-15-18-25-19-26-21(24)17-14-13-16-20(22)23/h2-19H2,1H3,(H,22,23)/p-1. The van der Waals surface area contributed by atoms with Crippen LogP contribution >= 0.6 is 0 Å². The van der Waals surface area contributed by atoms with Gasteiger partial charge in [0, 0.05) is 12.4 Å². The van der Waals surface area contributed by atoms with Gasteiger partial charge >= 0.3 is 5.97 Å². The molecule has 154 valence electrons. The third kappa shape index (κ3) is 20.9. The van der Waals surface area contributed by atoms with Gasteiger partial charge in [0.25, 0.3) is 0 Å². The smallest absolute Gasteiger partial charge is 0.307 e. The summed E-state index contributed by atoms with van der Waals surface area (Å²) in [6.07, 6.45) is 16.8. The first-order valence-corrected chi connectivity index (χ1v) is 10.6. The van der Waals surface area contributed by atoms with Gasteiger partial charge in [0.1, 0.15) is 0 Å². The highest BCUT2D eigenvalue weighted by molar-refractivity contribution is 5.69. The minimum absolute atomic E-state index is 0.00263. The Labute approximate surface area is 159 Å². The van der Waals surface area contributed by atoms with E-state index in [4.69, 9.17) is 9.47 Å². The molecule has 0 aromatic heterocycles. The number of hydrogen-bond donors (Lipinski definition) is 0. The number of rotatable bonds is 20. The summed E-state index contributed by atoms with van der Waals surface area (Å²) in [5.74, 6) is -1.41. The van der Waals surface area contributed by atoms with Crippen molar-refractivity contribution < 1.29 is 24.2 Å². The fraction of sp³-hybridized carbons (Fsp3) is 0.905. The van der Waals surface area contributed by atoms with Gasteiger partial charge in [-0.2, -0.15) is 0 Å². The van der Waals surface area contributed by atoms with Crippen molar-refractivity contribution in [1.82, 2.24) is 0 Å². The van der Waals surface area contributed by atoms with E-state index >= 15 is 0 Å². The van der Waals surface area contributed by atoms with E-state index in [1.807, 2.05) is 0 Å². The van der Waals surface area contributed by atoms with Crippen LogP contribution < -0.4 is 5.11 Å². The van der Waals surface area contributed by atoms with Crippen molar-refractivity contribution in [2.75, 3.05) is 13.4 Å². The predicted molar refractivity (Wildman–Crippen MR) is 101 cm³/mol. The van der Waals surface area contributed by atoms with Crippen molar-refractivity contribution in [3.63, 3.8) is 0 Å². The number of unbranched alkanes of at least 4 members (excludes halogenated alkanes) is 12. The zero-order valence-electron chi connectivity index (χ0n) is 16.8. The number of carboxylic acid groups (broad SMARTS) is 1. The summed E-state index contributed by atoms with van der Waals surface area (Å²) in [7, 11) is 0. The summed E-state index contributed by atoms with van der Waals surface area (Å²) < 4.78 is 10.2. The highest BCUT2D eigenvalue weighted by atomic mass is 16.7. The van der Waals surface area contributed by atoms with Gasteiger partial charge in [0.05, 0.1) is 6.61 Å². The van der Waals surface area contributed by atoms with E-state index in [2.05, 4.69) is 6.92 Å². The molecule has 0 spiro atoms. The maximum Gasteiger partial charge on any atom is 0.307 e. The minimum atomic E-state index is -1.08. The fourth-order valence-electron chi connectivity index (χ4n) is 2.82. The quantitative estimate of drug-likeness (QED) is 0.179. The van der Waals surface area contributed by atoms with Crippen LogP contribution in [0.4, 0.5) is 0 Å². The lowest BCUT2D eigenvalue weighted by molar-refractivity contribution is -0.305. The van der Waals surface area contributed by atoms with Crippen LogP contribution in [0.5, 0.6) is 0 Å². The van der Waals surface area contributed by atoms with Crippen molar-refractivity contribution >= 4 is 11.9 Å². The highest BCUT2D eigenvalue weighted by Crippen LogP contribution is 2.11. The van der Waals surface area contributed by atoms with Crippen LogP contribution in [0.15, 0.2) is 0 Å². The molecule has 0 heterocycles. The van der Waals surface area contributed by atoms with Gasteiger partial charge in [-0.25, -0.2) is 0 Å². The molecule has 5 heteroatoms. The molecule has 0 N–H and O–H groups in total. The molecule has 0 atom stereocenters. The summed E-state index contributed by atoms with van der Waals surface area (Å²) >= 11 is 0. The lowest BCUT2D eigenvalue weighted by atomic mass is 10.1. The zero-order chi connectivity index (χ0) is 19.3. The number of carbonyl (C=O) groups is 2. The van der Waals surface area contributed by atoms with Crippen molar-refractivity contribution in [3.05, 3.63) is 0 Å². The Bertz CT molecular complexity index is 330. The van der Waals surface area contributed by atoms with Crippen LogP contribution in [0.3, 0.4) is 0 Å². The predicted octanol–water partition coefficient (Wildman–Crippen LogP) is 4.52. The molecule has 0 unspecified atom stereocenters. The van der Waals surface area contributed by atoms with Gasteiger partial charge in [0.2, 0.25) is 0 Å². The van der Waals surface area contributed by atoms with Crippen LogP contribution in [0.2, 0.25) is 0 Å². The summed E-state index contributed by atoms with van der Waals surface area (Å²) in [5.41, 5.74) is 0. The third-order valence-corrected chi connectivity index (χ3v) is 4.46. The first-order valence-electron chi connectivity index (χ1n) is 10.6. The van der Waals surface area contributed by atoms with E-state index in [-0.39, 0.29) is 25.6 Å². The summed E-state index contributed by atoms with van der Waals surface area (Å²) in [5, 5.41) is 10.2. The van der Waals surface area contributed by atoms with E-state index in [9.17, 15) is 14.7 Å². The molecule has 0 saturated heterocycles. The van der Waals surface area contributed by atoms with Gasteiger partial charge in [-0.3, -0.25) is 4.79 Å². The lowest BCUT2D eigenvalue weighted by Gasteiger charge is -2.06. The highest BCUT2D eigenvalue weighted by Gasteiger charge is 2.02. The SMILES string of the molecule is CCCCCCCCCCCCCCOCOC(=O)CCCCC(=O)[O-]. The molecule has 0 saturated carbocycles. The molecular weight excluding hydrogens is 332 g/mol. The maximum absolute atomic E-state index is 11.4. The number of hydrogen-bond acceptors (Lipinski definition) is 5. The van der Waals surface area contributed by atoms with Crippen LogP contribution in [-0.4, -0.2) is 25.3 Å². The fourth-order valence-corrected chi connectivity index (χ4v) is 2.82. The van der Waals surface area contributed by atoms with E-state index < -0.39 is 5.97 Å². The lowest BCUT2D eigenvalue weighted by Crippen LogP contribution is -2.21. The largest absolute Gasteiger partial charge is 0.550 e. The molecule has 0 radical (unpaired) electrons. The summed E-state index contributed by atoms with van der Waals surface area (Å²) in [4.78, 5) is 21.6. The molecule has 0 aliphatic heterocycles. The molecule has 0 aliphatic carbocycles. The Morgan fingerprint density at radius 1 is 0.692 bits per heavy atom. The van der Waals surface area contributed by atoms with Crippen molar-refractivity contribution in [1.29, 1.82) is 0 Å². The Balaban J connectivity index is 3.12. The molecule has 0 rings (SSSR count). The van der Waals surface area contributed by atoms with Crippen LogP contribution in [0.25, 0.3) is 0 Å². The molecule has 0 fully saturated rings. The third-order valence-electron chi connectivity index (χ3n) is 4.46. The second-order valence-electron chi connectivity index (χ2n) is 7.01. The monoisotopic (exact) mass is 371 g/mol. The Morgan fingerprint density at radius 3 is 1.73 bits per heavy atom. The van der Waals surface area contributed by atoms with E-state index in [1.165, 1.54) is 64.2 Å². The van der Waals surface area contributed by atoms with Crippen LogP contribution in [0, 0.1) is 0 Å². The van der Waals surface area contributed by atoms with E-state index in [0.717, 1.165) is 12.8 Å². The molecule has 0 amide bonds. The number of carboxylic acids is 1. The summed E-state index contributed by atoms with van der Waals surface area (Å²) in [6, 6.07) is 0. The number of carbonyl (C=O) groups excluding carboxylic acids is 2. The number of esters is 1. The average Bonchev–Trinajstić information content (AvgIpc) is 2.62. The van der Waals surface area contributed by atoms with Crippen LogP contribution in [-0.2, 0) is 19.1 Å². The van der Waals surface area contributed by atoms with Gasteiger partial charge in [-0.1, -0.05) is 77.6 Å². The van der Waals surface area contributed by atoms with Gasteiger partial charge < -0.3 is 19.4 Å². The Morgan fingerprint density at radius 2 is 1.19 bits per heavy atom.